The van der Waals surface area contributed by atoms with E-state index in [4.69, 9.17) is 14.4 Å². The first kappa shape index (κ1) is 38.9. The van der Waals surface area contributed by atoms with Gasteiger partial charge in [-0.2, -0.15) is 9.59 Å². The van der Waals surface area contributed by atoms with E-state index in [-0.39, 0.29) is 18.5 Å². The molecule has 7 heavy (non-hydrogen) atoms. The van der Waals surface area contributed by atoms with Crippen LogP contribution in [0, 0.1) is 6.15 Å². The van der Waals surface area contributed by atoms with Gasteiger partial charge in [0.1, 0.15) is 6.79 Å². The van der Waals surface area contributed by atoms with Crippen LogP contribution in [0.15, 0.2) is 0 Å². The molecular formula is C2H5HeNO3. The third kappa shape index (κ3) is 35.9. The van der Waals surface area contributed by atoms with E-state index in [1.54, 1.807) is 0 Å². The Balaban J connectivity index is -0.0000000105. The molecule has 0 fully saturated rings. The maximum atomic E-state index is 8.12. The van der Waals surface area contributed by atoms with Crippen molar-refractivity contribution in [2.24, 2.45) is 0 Å². The van der Waals surface area contributed by atoms with E-state index in [0.717, 1.165) is 0 Å². The van der Waals surface area contributed by atoms with E-state index in [1.165, 1.54) is 0 Å². The summed E-state index contributed by atoms with van der Waals surface area (Å²) in [5.74, 6) is 0. The van der Waals surface area contributed by atoms with E-state index in [2.05, 4.69) is 0 Å². The molecule has 4 nitrogen and oxygen atoms in total. The zero-order chi connectivity index (χ0) is 4.71. The molecule has 0 unspecified atom stereocenters. The fourth-order valence-corrected chi connectivity index (χ4v) is 0. The van der Waals surface area contributed by atoms with Crippen LogP contribution in [-0.4, -0.2) is 12.9 Å². The number of hydrogen-bond donors (Lipinski definition) is 1. The summed E-state index contributed by atoms with van der Waals surface area (Å²) in [5, 5.41) is 0. The van der Waals surface area contributed by atoms with Crippen LogP contribution in [0.5, 0.6) is 0 Å². The van der Waals surface area contributed by atoms with Crippen molar-refractivity contribution in [1.29, 1.82) is 0 Å². The van der Waals surface area contributed by atoms with Crippen LogP contribution < -0.4 is 6.15 Å². The van der Waals surface area contributed by atoms with Gasteiger partial charge in [-0.1, -0.05) is 0 Å². The molecular weight excluding hydrogens is 90.0 g/mol. The van der Waals surface area contributed by atoms with Gasteiger partial charge in [-0.25, -0.2) is 0 Å². The zero-order valence-corrected chi connectivity index (χ0v) is 3.85. The quantitative estimate of drug-likeness (QED) is 0.435. The summed E-state index contributed by atoms with van der Waals surface area (Å²) in [5.41, 5.74) is 0. The summed E-state index contributed by atoms with van der Waals surface area (Å²) >= 11 is 0. The average molecular weight is 95.1 g/mol. The van der Waals surface area contributed by atoms with Crippen molar-refractivity contribution in [3.63, 3.8) is 0 Å². The van der Waals surface area contributed by atoms with E-state index in [0.29, 0.717) is 0 Å². The van der Waals surface area contributed by atoms with Gasteiger partial charge in [0.15, 0.2) is 0 Å². The van der Waals surface area contributed by atoms with Crippen molar-refractivity contribution in [3.05, 3.63) is 0 Å². The molecule has 0 heterocycles. The number of rotatable bonds is 0. The van der Waals surface area contributed by atoms with E-state index >= 15 is 0 Å². The monoisotopic (exact) mass is 95.0 g/mol. The third-order valence-corrected chi connectivity index (χ3v) is 0. The SMILES string of the molecule is C=O.N.O=C=O.[He]. The molecule has 0 amide bonds. The van der Waals surface area contributed by atoms with Crippen molar-refractivity contribution < 1.29 is 20.5 Å². The Kier molecular flexibility index (Phi) is 64100. The summed E-state index contributed by atoms with van der Waals surface area (Å²) in [6, 6.07) is 0. The van der Waals surface area contributed by atoms with Gasteiger partial charge >= 0.3 is 6.15 Å². The summed E-state index contributed by atoms with van der Waals surface area (Å²) in [6.45, 7) is 2.00. The first-order chi connectivity index (χ1) is 2.41. The van der Waals surface area contributed by atoms with Crippen LogP contribution in [0.4, 0.5) is 0 Å². The smallest absolute Gasteiger partial charge is 0.344 e. The summed E-state index contributed by atoms with van der Waals surface area (Å²) in [6.07, 6.45) is 0.250. The average Bonchev–Trinajstić information content (AvgIpc) is 1.46. The Hall–Kier alpha value is -1.08. The minimum Gasteiger partial charge on any atom is -0.344 e. The fourth-order valence-electron chi connectivity index (χ4n) is 0. The second-order valence-corrected chi connectivity index (χ2v) is 0.0833. The molecule has 0 saturated carbocycles. The van der Waals surface area contributed by atoms with E-state index in [9.17, 15) is 0 Å². The normalized spacial score (nSPS) is 1.71. The topological polar surface area (TPSA) is 86.2 Å². The summed E-state index contributed by atoms with van der Waals surface area (Å²) in [7, 11) is 0. The number of carbonyl (C=O) groups excluding carboxylic acids is 3. The number of hydrogen-bond acceptors (Lipinski definition) is 4. The summed E-state index contributed by atoms with van der Waals surface area (Å²) < 4.78 is 0. The van der Waals surface area contributed by atoms with Gasteiger partial charge in [0, 0.05) is 6.15 Å². The molecule has 0 aliphatic carbocycles. The molecule has 5 heteroatoms. The minimum absolute atomic E-state index is 0. The Labute approximate surface area is 40.9 Å². The van der Waals surface area contributed by atoms with Crippen molar-refractivity contribution in [1.82, 2.24) is 6.15 Å². The van der Waals surface area contributed by atoms with Gasteiger partial charge in [-0.05, 0) is 0 Å². The van der Waals surface area contributed by atoms with Crippen LogP contribution in [0.2, 0.25) is 0 Å². The Morgan fingerprint density at radius 3 is 1.14 bits per heavy atom. The van der Waals surface area contributed by atoms with Gasteiger partial charge in [0.25, 0.3) is 0 Å². The van der Waals surface area contributed by atoms with Crippen molar-refractivity contribution in [3.8, 4) is 0 Å². The van der Waals surface area contributed by atoms with Gasteiger partial charge in [0.2, 0.25) is 0 Å². The molecule has 0 saturated heterocycles. The summed E-state index contributed by atoms with van der Waals surface area (Å²) in [4.78, 5) is 24.2. The van der Waals surface area contributed by atoms with E-state index < -0.39 is 0 Å². The van der Waals surface area contributed by atoms with Gasteiger partial charge in [0.05, 0.1) is 0 Å². The molecule has 0 aliphatic rings. The zero-order valence-electron chi connectivity index (χ0n) is 3.85. The fraction of sp³-hybridized carbons (Fsp3) is 0. The minimum atomic E-state index is 0. The largest absolute Gasteiger partial charge is 0.373 e. The predicted molar refractivity (Wildman–Crippen MR) is 17.2 cm³/mol. The maximum absolute atomic E-state index is 8.12. The predicted octanol–water partition coefficient (Wildman–Crippen LogP) is -0.606. The first-order valence-electron chi connectivity index (χ1n) is 0.697. The third-order valence-electron chi connectivity index (χ3n) is 0. The van der Waals surface area contributed by atoms with Crippen LogP contribution in [0.1, 0.15) is 0 Å². The first-order valence-corrected chi connectivity index (χ1v) is 0.697. The Morgan fingerprint density at radius 2 is 1.14 bits per heavy atom. The maximum Gasteiger partial charge on any atom is 0.373 e. The molecule has 38 valence electrons. The molecule has 0 rings (SSSR count). The van der Waals surface area contributed by atoms with Gasteiger partial charge < -0.3 is 10.9 Å². The van der Waals surface area contributed by atoms with Crippen molar-refractivity contribution >= 4 is 12.9 Å². The Morgan fingerprint density at radius 1 is 1.14 bits per heavy atom. The number of carbonyl (C=O) groups is 1. The molecule has 0 aromatic heterocycles. The molecule has 3 N–H and O–H groups in total. The molecule has 0 aromatic rings. The second-order valence-electron chi connectivity index (χ2n) is 0.0833. The van der Waals surface area contributed by atoms with Crippen LogP contribution in [0.25, 0.3) is 0 Å². The molecule has 0 aromatic carbocycles. The Bertz CT molecular complexity index is 42.2. The van der Waals surface area contributed by atoms with Gasteiger partial charge in [-0.3, -0.25) is 0 Å². The van der Waals surface area contributed by atoms with Crippen molar-refractivity contribution in [2.45, 2.75) is 0 Å². The standard InChI is InChI=1S/CO2.CH2O.He.H3N/c2-1-3;1-2;;/h;1H2;;1H3. The molecule has 0 aliphatic heterocycles. The van der Waals surface area contributed by atoms with Crippen LogP contribution in [-0.2, 0) is 14.4 Å². The molecule has 0 bridgehead atoms. The van der Waals surface area contributed by atoms with Gasteiger partial charge in [-0.15, -0.1) is 0 Å². The van der Waals surface area contributed by atoms with Crippen LogP contribution in [0.3, 0.4) is 0 Å². The van der Waals surface area contributed by atoms with Crippen molar-refractivity contribution in [2.75, 3.05) is 0 Å². The molecule has 0 atom stereocenters. The molecule has 0 spiro atoms. The molecule has 0 radical (unpaired) electrons. The van der Waals surface area contributed by atoms with E-state index in [1.807, 2.05) is 6.79 Å². The van der Waals surface area contributed by atoms with Crippen LogP contribution >= 0.6 is 0 Å². The second kappa shape index (κ2) is 11500.